The standard InChI is InChI=1S/C31H35FN4O2/c1-22(2)19-36(31(38)34-28-10-6-4-8-23(28)3)21-30(37)35(20-24-12-14-26(32)15-13-24)17-16-25-18-33-29-11-7-5-9-27(25)29/h4-15,18,22,33H,16-17,19-21H2,1-3H3,(H,34,38). The van der Waals surface area contributed by atoms with Gasteiger partial charge in [0.2, 0.25) is 5.91 Å². The Labute approximate surface area is 223 Å². The summed E-state index contributed by atoms with van der Waals surface area (Å²) in [6.07, 6.45) is 2.63. The predicted molar refractivity (Wildman–Crippen MR) is 150 cm³/mol. The van der Waals surface area contributed by atoms with Gasteiger partial charge in [0.05, 0.1) is 0 Å². The van der Waals surface area contributed by atoms with Gasteiger partial charge in [0, 0.05) is 42.4 Å². The van der Waals surface area contributed by atoms with E-state index in [1.165, 1.54) is 12.1 Å². The topological polar surface area (TPSA) is 68.4 Å². The monoisotopic (exact) mass is 514 g/mol. The molecule has 0 fully saturated rings. The number of hydrogen-bond donors (Lipinski definition) is 2. The lowest BCUT2D eigenvalue weighted by atomic mass is 10.1. The Morgan fingerprint density at radius 3 is 2.39 bits per heavy atom. The molecular formula is C31H35FN4O2. The Balaban J connectivity index is 1.52. The van der Waals surface area contributed by atoms with Crippen molar-refractivity contribution in [3.05, 3.63) is 102 Å². The number of halogens is 1. The van der Waals surface area contributed by atoms with Crippen molar-refractivity contribution >= 4 is 28.5 Å². The lowest BCUT2D eigenvalue weighted by Gasteiger charge is -2.29. The molecule has 1 heterocycles. The van der Waals surface area contributed by atoms with E-state index >= 15 is 0 Å². The number of nitrogens with one attached hydrogen (secondary N) is 2. The summed E-state index contributed by atoms with van der Waals surface area (Å²) in [5.74, 6) is -0.293. The number of anilines is 1. The normalized spacial score (nSPS) is 11.1. The molecule has 198 valence electrons. The highest BCUT2D eigenvalue weighted by Gasteiger charge is 2.23. The second-order valence-corrected chi connectivity index (χ2v) is 10.1. The lowest BCUT2D eigenvalue weighted by molar-refractivity contribution is -0.132. The molecule has 4 aromatic rings. The molecule has 0 bridgehead atoms. The molecule has 3 amide bonds. The second-order valence-electron chi connectivity index (χ2n) is 10.1. The number of hydrogen-bond acceptors (Lipinski definition) is 2. The Bertz CT molecular complexity index is 1380. The first-order valence-electron chi connectivity index (χ1n) is 13.0. The third kappa shape index (κ3) is 7.00. The Morgan fingerprint density at radius 1 is 0.947 bits per heavy atom. The van der Waals surface area contributed by atoms with Crippen molar-refractivity contribution in [3.63, 3.8) is 0 Å². The van der Waals surface area contributed by atoms with Gasteiger partial charge in [-0.2, -0.15) is 0 Å². The fourth-order valence-electron chi connectivity index (χ4n) is 4.53. The van der Waals surface area contributed by atoms with Crippen LogP contribution in [0.1, 0.15) is 30.5 Å². The first-order valence-corrected chi connectivity index (χ1v) is 13.0. The van der Waals surface area contributed by atoms with E-state index in [-0.39, 0.29) is 30.2 Å². The van der Waals surface area contributed by atoms with Crippen LogP contribution in [0, 0.1) is 18.7 Å². The molecule has 0 aliphatic rings. The van der Waals surface area contributed by atoms with Crippen LogP contribution in [0.3, 0.4) is 0 Å². The minimum atomic E-state index is -0.318. The number of carbonyl (C=O) groups is 2. The van der Waals surface area contributed by atoms with Crippen molar-refractivity contribution in [1.82, 2.24) is 14.8 Å². The van der Waals surface area contributed by atoms with E-state index in [4.69, 9.17) is 0 Å². The molecule has 1 aromatic heterocycles. The molecule has 2 N–H and O–H groups in total. The number of carbonyl (C=O) groups excluding carboxylic acids is 2. The number of aromatic amines is 1. The molecule has 0 aliphatic heterocycles. The number of benzene rings is 3. The molecule has 3 aromatic carbocycles. The van der Waals surface area contributed by atoms with Crippen molar-refractivity contribution in [1.29, 1.82) is 0 Å². The summed E-state index contributed by atoms with van der Waals surface area (Å²) < 4.78 is 13.5. The summed E-state index contributed by atoms with van der Waals surface area (Å²) in [6.45, 7) is 7.16. The smallest absolute Gasteiger partial charge is 0.322 e. The van der Waals surface area contributed by atoms with E-state index in [9.17, 15) is 14.0 Å². The zero-order chi connectivity index (χ0) is 27.1. The van der Waals surface area contributed by atoms with Gasteiger partial charge >= 0.3 is 6.03 Å². The second kappa shape index (κ2) is 12.4. The Kier molecular flexibility index (Phi) is 8.79. The van der Waals surface area contributed by atoms with Crippen molar-refractivity contribution in [2.75, 3.05) is 25.0 Å². The molecule has 6 nitrogen and oxygen atoms in total. The van der Waals surface area contributed by atoms with Gasteiger partial charge in [0.1, 0.15) is 12.4 Å². The van der Waals surface area contributed by atoms with Crippen LogP contribution < -0.4 is 5.32 Å². The highest BCUT2D eigenvalue weighted by Crippen LogP contribution is 2.19. The average Bonchev–Trinajstić information content (AvgIpc) is 3.31. The molecule has 38 heavy (non-hydrogen) atoms. The molecule has 0 radical (unpaired) electrons. The molecule has 0 saturated heterocycles. The zero-order valence-electron chi connectivity index (χ0n) is 22.2. The first kappa shape index (κ1) is 26.9. The van der Waals surface area contributed by atoms with Crippen molar-refractivity contribution < 1.29 is 14.0 Å². The van der Waals surface area contributed by atoms with E-state index in [1.54, 1.807) is 21.9 Å². The number of para-hydroxylation sites is 2. The summed E-state index contributed by atoms with van der Waals surface area (Å²) in [4.78, 5) is 33.5. The van der Waals surface area contributed by atoms with Crippen molar-refractivity contribution in [2.45, 2.75) is 33.7 Å². The number of H-pyrrole nitrogens is 1. The molecule has 7 heteroatoms. The largest absolute Gasteiger partial charge is 0.361 e. The van der Waals surface area contributed by atoms with Crippen LogP contribution in [0.5, 0.6) is 0 Å². The molecule has 0 spiro atoms. The highest BCUT2D eigenvalue weighted by atomic mass is 19.1. The third-order valence-electron chi connectivity index (χ3n) is 6.55. The molecule has 4 rings (SSSR count). The van der Waals surface area contributed by atoms with Crippen LogP contribution in [-0.2, 0) is 17.8 Å². The van der Waals surface area contributed by atoms with Gasteiger partial charge < -0.3 is 20.1 Å². The number of rotatable bonds is 10. The fraction of sp³-hybridized carbons (Fsp3) is 0.290. The fourth-order valence-corrected chi connectivity index (χ4v) is 4.53. The van der Waals surface area contributed by atoms with E-state index < -0.39 is 0 Å². The summed E-state index contributed by atoms with van der Waals surface area (Å²) in [5.41, 5.74) is 4.68. The predicted octanol–water partition coefficient (Wildman–Crippen LogP) is 6.38. The molecule has 0 atom stereocenters. The van der Waals surface area contributed by atoms with E-state index in [0.717, 1.165) is 33.3 Å². The van der Waals surface area contributed by atoms with Crippen LogP contribution in [0.25, 0.3) is 10.9 Å². The van der Waals surface area contributed by atoms with Gasteiger partial charge in [-0.05, 0) is 60.2 Å². The first-order chi connectivity index (χ1) is 18.3. The number of amides is 3. The number of nitrogens with zero attached hydrogens (tertiary/aromatic N) is 2. The summed E-state index contributed by atoms with van der Waals surface area (Å²) >= 11 is 0. The maximum Gasteiger partial charge on any atom is 0.322 e. The summed E-state index contributed by atoms with van der Waals surface area (Å²) in [5, 5.41) is 4.09. The van der Waals surface area contributed by atoms with Crippen LogP contribution in [-0.4, -0.2) is 46.4 Å². The number of fused-ring (bicyclic) bond motifs is 1. The molecule has 0 aliphatic carbocycles. The maximum absolute atomic E-state index is 13.7. The lowest BCUT2D eigenvalue weighted by Crippen LogP contribution is -2.46. The van der Waals surface area contributed by atoms with Gasteiger partial charge in [-0.3, -0.25) is 4.79 Å². The van der Waals surface area contributed by atoms with Crippen LogP contribution in [0.2, 0.25) is 0 Å². The number of urea groups is 1. The third-order valence-corrected chi connectivity index (χ3v) is 6.55. The zero-order valence-corrected chi connectivity index (χ0v) is 22.2. The van der Waals surface area contributed by atoms with Gasteiger partial charge in [-0.15, -0.1) is 0 Å². The highest BCUT2D eigenvalue weighted by molar-refractivity contribution is 5.93. The molecule has 0 unspecified atom stereocenters. The van der Waals surface area contributed by atoms with Crippen molar-refractivity contribution in [2.24, 2.45) is 5.92 Å². The van der Waals surface area contributed by atoms with Gasteiger partial charge in [-0.25, -0.2) is 9.18 Å². The Morgan fingerprint density at radius 2 is 1.66 bits per heavy atom. The summed E-state index contributed by atoms with van der Waals surface area (Å²) in [7, 11) is 0. The van der Waals surface area contributed by atoms with Gasteiger partial charge in [0.15, 0.2) is 0 Å². The quantitative estimate of drug-likeness (QED) is 0.258. The summed E-state index contributed by atoms with van der Waals surface area (Å²) in [6, 6.07) is 21.5. The SMILES string of the molecule is Cc1ccccc1NC(=O)N(CC(=O)N(CCc1c[nH]c2ccccc12)Cc1ccc(F)cc1)CC(C)C. The van der Waals surface area contributed by atoms with Gasteiger partial charge in [-0.1, -0.05) is 62.4 Å². The van der Waals surface area contributed by atoms with Gasteiger partial charge in [0.25, 0.3) is 0 Å². The number of aryl methyl sites for hydroxylation is 1. The van der Waals surface area contributed by atoms with E-state index in [0.29, 0.717) is 26.1 Å². The van der Waals surface area contributed by atoms with Crippen LogP contribution in [0.4, 0.5) is 14.9 Å². The molecule has 0 saturated carbocycles. The van der Waals surface area contributed by atoms with Crippen LogP contribution >= 0.6 is 0 Å². The maximum atomic E-state index is 13.7. The number of aromatic nitrogens is 1. The van der Waals surface area contributed by atoms with E-state index in [1.807, 2.05) is 69.4 Å². The Hall–Kier alpha value is -4.13. The minimum Gasteiger partial charge on any atom is -0.361 e. The average molecular weight is 515 g/mol. The van der Waals surface area contributed by atoms with E-state index in [2.05, 4.69) is 16.4 Å². The molecular weight excluding hydrogens is 479 g/mol. The van der Waals surface area contributed by atoms with Crippen molar-refractivity contribution in [3.8, 4) is 0 Å². The minimum absolute atomic E-state index is 0.0506. The van der Waals surface area contributed by atoms with Crippen LogP contribution in [0.15, 0.2) is 79.0 Å².